The fourth-order valence-electron chi connectivity index (χ4n) is 1.54. The van der Waals surface area contributed by atoms with Crippen LogP contribution in [0.4, 0.5) is 0 Å². The molecule has 1 heterocycles. The average Bonchev–Trinajstić information content (AvgIpc) is 2.18. The van der Waals surface area contributed by atoms with Crippen molar-refractivity contribution < 1.29 is 4.79 Å². The van der Waals surface area contributed by atoms with Crippen molar-refractivity contribution in [3.05, 3.63) is 46.6 Å². The largest absolute Gasteiger partial charge is 0.383 e. The number of carbonyl (C=O) groups is 1. The molecule has 0 spiro atoms. The number of allylic oxidation sites excluding steroid dienone is 1. The van der Waals surface area contributed by atoms with E-state index in [0.717, 1.165) is 10.0 Å². The normalized spacial score (nSPS) is 20.6. The second kappa shape index (κ2) is 3.96. The fraction of sp³-hybridized carbons (Fsp3) is 0.182. The maximum absolute atomic E-state index is 11.2. The molecule has 0 saturated carbocycles. The Kier molecular flexibility index (Phi) is 2.68. The summed E-state index contributed by atoms with van der Waals surface area (Å²) in [5, 5.41) is 3.18. The molecule has 1 aromatic rings. The number of hydrogen-bond acceptors (Lipinski definition) is 2. The van der Waals surface area contributed by atoms with Gasteiger partial charge in [-0.05, 0) is 17.7 Å². The van der Waals surface area contributed by atoms with Gasteiger partial charge in [-0.25, -0.2) is 0 Å². The second-order valence-corrected chi connectivity index (χ2v) is 4.10. The lowest BCUT2D eigenvalue weighted by atomic mass is 9.99. The summed E-state index contributed by atoms with van der Waals surface area (Å²) < 4.78 is 1.04. The molecule has 2 nitrogen and oxygen atoms in total. The smallest absolute Gasteiger partial charge is 0.159 e. The Hall–Kier alpha value is -1.09. The molecule has 1 aliphatic rings. The molecule has 0 aliphatic carbocycles. The third-order valence-corrected chi connectivity index (χ3v) is 2.97. The SMILES string of the molecule is O=C1C=CN[C@@H](c2ccccc2Br)C1. The molecular formula is C11H10BrNO. The van der Waals surface area contributed by atoms with Crippen LogP contribution >= 0.6 is 15.9 Å². The summed E-state index contributed by atoms with van der Waals surface area (Å²) in [5.41, 5.74) is 1.13. The Balaban J connectivity index is 2.28. The van der Waals surface area contributed by atoms with Crippen molar-refractivity contribution in [1.82, 2.24) is 5.32 Å². The minimum absolute atomic E-state index is 0.100. The number of halogens is 1. The first-order valence-corrected chi connectivity index (χ1v) is 5.26. The maximum atomic E-state index is 11.2. The van der Waals surface area contributed by atoms with E-state index in [1.54, 1.807) is 12.3 Å². The first kappa shape index (κ1) is 9.46. The van der Waals surface area contributed by atoms with Gasteiger partial charge in [0.1, 0.15) is 0 Å². The minimum Gasteiger partial charge on any atom is -0.383 e. The number of nitrogens with one attached hydrogen (secondary N) is 1. The Morgan fingerprint density at radius 3 is 2.86 bits per heavy atom. The standard InChI is InChI=1S/C11H10BrNO/c12-10-4-2-1-3-9(10)11-7-8(14)5-6-13-11/h1-6,11,13H,7H2/t11-/m1/s1. The molecular weight excluding hydrogens is 242 g/mol. The number of carbonyl (C=O) groups excluding carboxylic acids is 1. The Morgan fingerprint density at radius 2 is 2.14 bits per heavy atom. The zero-order chi connectivity index (χ0) is 9.97. The van der Waals surface area contributed by atoms with Crippen LogP contribution < -0.4 is 5.32 Å². The lowest BCUT2D eigenvalue weighted by Gasteiger charge is -2.20. The molecule has 0 saturated heterocycles. The minimum atomic E-state index is 0.100. The summed E-state index contributed by atoms with van der Waals surface area (Å²) in [6.45, 7) is 0. The molecule has 1 atom stereocenters. The monoisotopic (exact) mass is 251 g/mol. The molecule has 1 aromatic carbocycles. The van der Waals surface area contributed by atoms with Crippen LogP contribution in [-0.4, -0.2) is 5.78 Å². The topological polar surface area (TPSA) is 29.1 Å². The number of rotatable bonds is 1. The van der Waals surface area contributed by atoms with Crippen LogP contribution in [0, 0.1) is 0 Å². The molecule has 1 N–H and O–H groups in total. The van der Waals surface area contributed by atoms with Crippen LogP contribution in [0.5, 0.6) is 0 Å². The predicted molar refractivity (Wildman–Crippen MR) is 58.8 cm³/mol. The maximum Gasteiger partial charge on any atom is 0.159 e. The van der Waals surface area contributed by atoms with Crippen LogP contribution in [0.15, 0.2) is 41.0 Å². The zero-order valence-corrected chi connectivity index (χ0v) is 9.12. The van der Waals surface area contributed by atoms with Gasteiger partial charge in [0, 0.05) is 17.1 Å². The van der Waals surface area contributed by atoms with E-state index in [-0.39, 0.29) is 11.8 Å². The summed E-state index contributed by atoms with van der Waals surface area (Å²) in [5.74, 6) is 0.171. The summed E-state index contributed by atoms with van der Waals surface area (Å²) in [4.78, 5) is 11.2. The van der Waals surface area contributed by atoms with E-state index in [0.29, 0.717) is 6.42 Å². The van der Waals surface area contributed by atoms with Gasteiger partial charge in [0.05, 0.1) is 6.04 Å². The van der Waals surface area contributed by atoms with E-state index in [4.69, 9.17) is 0 Å². The Bertz CT molecular complexity index is 387. The molecule has 3 heteroatoms. The highest BCUT2D eigenvalue weighted by atomic mass is 79.9. The van der Waals surface area contributed by atoms with Gasteiger partial charge in [-0.15, -0.1) is 0 Å². The third kappa shape index (κ3) is 1.87. The van der Waals surface area contributed by atoms with E-state index in [2.05, 4.69) is 21.2 Å². The molecule has 0 unspecified atom stereocenters. The molecule has 72 valence electrons. The molecule has 0 radical (unpaired) electrons. The summed E-state index contributed by atoms with van der Waals surface area (Å²) in [6.07, 6.45) is 3.82. The molecule has 0 aromatic heterocycles. The van der Waals surface area contributed by atoms with Gasteiger partial charge < -0.3 is 5.32 Å². The van der Waals surface area contributed by atoms with E-state index in [1.807, 2.05) is 24.3 Å². The molecule has 0 fully saturated rings. The lowest BCUT2D eigenvalue weighted by molar-refractivity contribution is -0.115. The van der Waals surface area contributed by atoms with E-state index < -0.39 is 0 Å². The zero-order valence-electron chi connectivity index (χ0n) is 7.53. The Labute approximate surface area is 91.1 Å². The molecule has 0 bridgehead atoms. The van der Waals surface area contributed by atoms with Gasteiger partial charge in [0.2, 0.25) is 0 Å². The first-order chi connectivity index (χ1) is 6.77. The van der Waals surface area contributed by atoms with Gasteiger partial charge >= 0.3 is 0 Å². The van der Waals surface area contributed by atoms with E-state index in [1.165, 1.54) is 0 Å². The number of hydrogen-bond donors (Lipinski definition) is 1. The number of ketones is 1. The Morgan fingerprint density at radius 1 is 1.36 bits per heavy atom. The summed E-state index contributed by atoms with van der Waals surface area (Å²) >= 11 is 3.48. The predicted octanol–water partition coefficient (Wildman–Crippen LogP) is 2.57. The fourth-order valence-corrected chi connectivity index (χ4v) is 2.10. The quantitative estimate of drug-likeness (QED) is 0.832. The van der Waals surface area contributed by atoms with Crippen molar-refractivity contribution in [3.63, 3.8) is 0 Å². The van der Waals surface area contributed by atoms with Crippen LogP contribution in [0.2, 0.25) is 0 Å². The second-order valence-electron chi connectivity index (χ2n) is 3.24. The van der Waals surface area contributed by atoms with Gasteiger partial charge in [0.25, 0.3) is 0 Å². The van der Waals surface area contributed by atoms with Gasteiger partial charge in [-0.2, -0.15) is 0 Å². The third-order valence-electron chi connectivity index (χ3n) is 2.25. The highest BCUT2D eigenvalue weighted by Crippen LogP contribution is 2.26. The molecule has 0 amide bonds. The first-order valence-electron chi connectivity index (χ1n) is 4.47. The highest BCUT2D eigenvalue weighted by molar-refractivity contribution is 9.10. The lowest BCUT2D eigenvalue weighted by Crippen LogP contribution is -2.23. The van der Waals surface area contributed by atoms with Crippen LogP contribution in [0.1, 0.15) is 18.0 Å². The molecule has 2 rings (SSSR count). The van der Waals surface area contributed by atoms with Gasteiger partial charge in [-0.3, -0.25) is 4.79 Å². The summed E-state index contributed by atoms with van der Waals surface area (Å²) in [7, 11) is 0. The molecule has 14 heavy (non-hydrogen) atoms. The van der Waals surface area contributed by atoms with E-state index >= 15 is 0 Å². The van der Waals surface area contributed by atoms with Gasteiger partial charge in [-0.1, -0.05) is 34.1 Å². The van der Waals surface area contributed by atoms with Crippen LogP contribution in [0.25, 0.3) is 0 Å². The van der Waals surface area contributed by atoms with Crippen molar-refractivity contribution in [3.8, 4) is 0 Å². The van der Waals surface area contributed by atoms with Crippen LogP contribution in [0.3, 0.4) is 0 Å². The summed E-state index contributed by atoms with van der Waals surface area (Å²) in [6, 6.07) is 8.05. The van der Waals surface area contributed by atoms with Gasteiger partial charge in [0.15, 0.2) is 5.78 Å². The van der Waals surface area contributed by atoms with Crippen molar-refractivity contribution in [2.24, 2.45) is 0 Å². The van der Waals surface area contributed by atoms with E-state index in [9.17, 15) is 4.79 Å². The van der Waals surface area contributed by atoms with Crippen molar-refractivity contribution in [1.29, 1.82) is 0 Å². The highest BCUT2D eigenvalue weighted by Gasteiger charge is 2.18. The number of benzene rings is 1. The van der Waals surface area contributed by atoms with Crippen molar-refractivity contribution >= 4 is 21.7 Å². The van der Waals surface area contributed by atoms with Crippen LogP contribution in [-0.2, 0) is 4.79 Å². The van der Waals surface area contributed by atoms with Crippen molar-refractivity contribution in [2.45, 2.75) is 12.5 Å². The molecule has 1 aliphatic heterocycles. The van der Waals surface area contributed by atoms with Crippen molar-refractivity contribution in [2.75, 3.05) is 0 Å². The average molecular weight is 252 g/mol.